The molecule has 22 heavy (non-hydrogen) atoms. The summed E-state index contributed by atoms with van der Waals surface area (Å²) < 4.78 is 10.5. The number of hydrogen-bond acceptors (Lipinski definition) is 6. The summed E-state index contributed by atoms with van der Waals surface area (Å²) >= 11 is 0.842. The third-order valence-electron chi connectivity index (χ3n) is 2.71. The Morgan fingerprint density at radius 1 is 1.23 bits per heavy atom. The Morgan fingerprint density at radius 2 is 1.91 bits per heavy atom. The molecule has 1 heterocycles. The van der Waals surface area contributed by atoms with Crippen LogP contribution in [0.5, 0.6) is 11.5 Å². The normalized spacial score (nSPS) is 10.0. The summed E-state index contributed by atoms with van der Waals surface area (Å²) in [4.78, 5) is 22.1. The van der Waals surface area contributed by atoms with Crippen LogP contribution in [0.25, 0.3) is 0 Å². The van der Waals surface area contributed by atoms with Gasteiger partial charge in [-0.25, -0.2) is 0 Å². The lowest BCUT2D eigenvalue weighted by atomic mass is 10.3. The van der Waals surface area contributed by atoms with E-state index in [1.165, 1.54) is 12.1 Å². The van der Waals surface area contributed by atoms with Crippen molar-refractivity contribution in [2.45, 2.75) is 0 Å². The van der Waals surface area contributed by atoms with Gasteiger partial charge >= 0.3 is 5.00 Å². The monoisotopic (exact) mass is 322 g/mol. The highest BCUT2D eigenvalue weighted by Crippen LogP contribution is 2.23. The standard InChI is InChI=1S/C14H14N2O5S/c1-20-10-2-4-11(5-3-10)21-9-8-15-14(17)12-6-7-13(22-12)16(18)19/h2-7H,8-9H2,1H3,(H,15,17). The van der Waals surface area contributed by atoms with Gasteiger partial charge in [0.2, 0.25) is 0 Å². The molecule has 2 rings (SSSR count). The van der Waals surface area contributed by atoms with Crippen LogP contribution < -0.4 is 14.8 Å². The largest absolute Gasteiger partial charge is 0.497 e. The van der Waals surface area contributed by atoms with E-state index in [4.69, 9.17) is 9.47 Å². The van der Waals surface area contributed by atoms with Crippen LogP contribution >= 0.6 is 11.3 Å². The third kappa shape index (κ3) is 4.19. The van der Waals surface area contributed by atoms with Crippen molar-refractivity contribution >= 4 is 22.2 Å². The van der Waals surface area contributed by atoms with Gasteiger partial charge in [-0.15, -0.1) is 0 Å². The highest BCUT2D eigenvalue weighted by Gasteiger charge is 2.14. The molecule has 1 aromatic heterocycles. The second kappa shape index (κ2) is 7.41. The number of thiophene rings is 1. The number of hydrogen-bond donors (Lipinski definition) is 1. The average Bonchev–Trinajstić information content (AvgIpc) is 3.02. The fourth-order valence-electron chi connectivity index (χ4n) is 1.64. The molecule has 0 aliphatic heterocycles. The zero-order valence-corrected chi connectivity index (χ0v) is 12.6. The molecule has 0 bridgehead atoms. The number of ether oxygens (including phenoxy) is 2. The number of nitrogens with zero attached hydrogens (tertiary/aromatic N) is 1. The van der Waals surface area contributed by atoms with Crippen molar-refractivity contribution in [2.24, 2.45) is 0 Å². The van der Waals surface area contributed by atoms with Crippen molar-refractivity contribution in [3.05, 3.63) is 51.4 Å². The van der Waals surface area contributed by atoms with Gasteiger partial charge < -0.3 is 14.8 Å². The van der Waals surface area contributed by atoms with Crippen molar-refractivity contribution < 1.29 is 19.2 Å². The molecule has 0 spiro atoms. The first kappa shape index (κ1) is 15.8. The Morgan fingerprint density at radius 3 is 2.50 bits per heavy atom. The molecule has 0 saturated carbocycles. The van der Waals surface area contributed by atoms with E-state index >= 15 is 0 Å². The van der Waals surface area contributed by atoms with Gasteiger partial charge in [0.1, 0.15) is 18.1 Å². The number of benzene rings is 1. The van der Waals surface area contributed by atoms with E-state index in [0.29, 0.717) is 23.8 Å². The second-order valence-corrected chi connectivity index (χ2v) is 5.24. The number of rotatable bonds is 7. The number of amides is 1. The summed E-state index contributed by atoms with van der Waals surface area (Å²) in [5.74, 6) is 1.05. The Bertz CT molecular complexity index is 654. The molecule has 2 aromatic rings. The molecule has 1 aromatic carbocycles. The molecular formula is C14H14N2O5S. The maximum absolute atomic E-state index is 11.8. The van der Waals surface area contributed by atoms with Crippen LogP contribution in [0.4, 0.5) is 5.00 Å². The van der Waals surface area contributed by atoms with E-state index < -0.39 is 4.92 Å². The smallest absolute Gasteiger partial charge is 0.324 e. The van der Waals surface area contributed by atoms with Crippen LogP contribution in [0.3, 0.4) is 0 Å². The minimum atomic E-state index is -0.520. The quantitative estimate of drug-likeness (QED) is 0.480. The fourth-order valence-corrected chi connectivity index (χ4v) is 2.38. The Hall–Kier alpha value is -2.61. The summed E-state index contributed by atoms with van der Waals surface area (Å²) in [5, 5.41) is 13.1. The number of nitro groups is 1. The molecule has 1 N–H and O–H groups in total. The fraction of sp³-hybridized carbons (Fsp3) is 0.214. The summed E-state index contributed by atoms with van der Waals surface area (Å²) in [7, 11) is 1.58. The number of nitrogens with one attached hydrogen (secondary N) is 1. The van der Waals surface area contributed by atoms with Crippen molar-refractivity contribution in [1.29, 1.82) is 0 Å². The second-order valence-electron chi connectivity index (χ2n) is 4.17. The minimum Gasteiger partial charge on any atom is -0.497 e. The predicted octanol–water partition coefficient (Wildman–Crippen LogP) is 2.47. The molecule has 0 atom stereocenters. The van der Waals surface area contributed by atoms with Crippen LogP contribution in [0.15, 0.2) is 36.4 Å². The van der Waals surface area contributed by atoms with Gasteiger partial charge in [-0.1, -0.05) is 11.3 Å². The van der Waals surface area contributed by atoms with Crippen LogP contribution in [0, 0.1) is 10.1 Å². The number of methoxy groups -OCH3 is 1. The molecule has 0 saturated heterocycles. The molecular weight excluding hydrogens is 308 g/mol. The first-order chi connectivity index (χ1) is 10.6. The van der Waals surface area contributed by atoms with Crippen LogP contribution in [-0.4, -0.2) is 31.1 Å². The van der Waals surface area contributed by atoms with E-state index in [2.05, 4.69) is 5.32 Å². The van der Waals surface area contributed by atoms with Crippen LogP contribution in [0.1, 0.15) is 9.67 Å². The van der Waals surface area contributed by atoms with Crippen molar-refractivity contribution in [1.82, 2.24) is 5.32 Å². The van der Waals surface area contributed by atoms with Crippen LogP contribution in [-0.2, 0) is 0 Å². The maximum Gasteiger partial charge on any atom is 0.324 e. The molecule has 0 radical (unpaired) electrons. The minimum absolute atomic E-state index is 0.0559. The van der Waals surface area contributed by atoms with E-state index in [-0.39, 0.29) is 10.9 Å². The summed E-state index contributed by atoms with van der Waals surface area (Å²) in [6.07, 6.45) is 0. The third-order valence-corrected chi connectivity index (χ3v) is 3.75. The summed E-state index contributed by atoms with van der Waals surface area (Å²) in [6.45, 7) is 0.599. The number of carbonyl (C=O) groups is 1. The Balaban J connectivity index is 1.75. The maximum atomic E-state index is 11.8. The van der Waals surface area contributed by atoms with E-state index in [0.717, 1.165) is 17.1 Å². The predicted molar refractivity (Wildman–Crippen MR) is 81.8 cm³/mol. The average molecular weight is 322 g/mol. The van der Waals surface area contributed by atoms with Crippen LogP contribution in [0.2, 0.25) is 0 Å². The lowest BCUT2D eigenvalue weighted by Crippen LogP contribution is -2.27. The van der Waals surface area contributed by atoms with Gasteiger partial charge in [0.15, 0.2) is 0 Å². The van der Waals surface area contributed by atoms with Gasteiger partial charge in [-0.05, 0) is 30.3 Å². The molecule has 0 aliphatic carbocycles. The van der Waals surface area contributed by atoms with Crippen molar-refractivity contribution in [3.8, 4) is 11.5 Å². The summed E-state index contributed by atoms with van der Waals surface area (Å²) in [5.41, 5.74) is 0. The van der Waals surface area contributed by atoms with Gasteiger partial charge in [0.05, 0.1) is 23.5 Å². The lowest BCUT2D eigenvalue weighted by Gasteiger charge is -2.07. The van der Waals surface area contributed by atoms with Crippen molar-refractivity contribution in [3.63, 3.8) is 0 Å². The van der Waals surface area contributed by atoms with Gasteiger partial charge in [-0.2, -0.15) is 0 Å². The van der Waals surface area contributed by atoms with Gasteiger partial charge in [-0.3, -0.25) is 14.9 Å². The van der Waals surface area contributed by atoms with E-state index in [1.807, 2.05) is 0 Å². The van der Waals surface area contributed by atoms with E-state index in [9.17, 15) is 14.9 Å². The highest BCUT2D eigenvalue weighted by atomic mass is 32.1. The molecule has 116 valence electrons. The first-order valence-electron chi connectivity index (χ1n) is 6.39. The highest BCUT2D eigenvalue weighted by molar-refractivity contribution is 7.17. The lowest BCUT2D eigenvalue weighted by molar-refractivity contribution is -0.380. The Kier molecular flexibility index (Phi) is 5.31. The SMILES string of the molecule is COc1ccc(OCCNC(=O)c2ccc([N+](=O)[O-])s2)cc1. The molecule has 8 heteroatoms. The first-order valence-corrected chi connectivity index (χ1v) is 7.21. The zero-order valence-electron chi connectivity index (χ0n) is 11.8. The van der Waals surface area contributed by atoms with E-state index in [1.54, 1.807) is 31.4 Å². The topological polar surface area (TPSA) is 90.7 Å². The van der Waals surface area contributed by atoms with Gasteiger partial charge in [0.25, 0.3) is 5.91 Å². The zero-order chi connectivity index (χ0) is 15.9. The summed E-state index contributed by atoms with van der Waals surface area (Å²) in [6, 6.07) is 9.83. The molecule has 0 fully saturated rings. The molecule has 1 amide bonds. The van der Waals surface area contributed by atoms with Gasteiger partial charge in [0, 0.05) is 6.07 Å². The molecule has 7 nitrogen and oxygen atoms in total. The number of carbonyl (C=O) groups excluding carboxylic acids is 1. The van der Waals surface area contributed by atoms with Crippen molar-refractivity contribution in [2.75, 3.05) is 20.3 Å². The Labute approximate surface area is 130 Å². The molecule has 0 aliphatic rings. The molecule has 0 unspecified atom stereocenters.